The smallest absolute Gasteiger partial charge is 0.238 e. The molecule has 6 heteroatoms. The predicted molar refractivity (Wildman–Crippen MR) is 125 cm³/mol. The fourth-order valence-electron chi connectivity index (χ4n) is 3.77. The first-order valence-electron chi connectivity index (χ1n) is 10.6. The van der Waals surface area contributed by atoms with E-state index in [2.05, 4.69) is 24.5 Å². The molecule has 0 bridgehead atoms. The molecule has 2 amide bonds. The molecule has 0 aliphatic rings. The van der Waals surface area contributed by atoms with E-state index in [9.17, 15) is 9.59 Å². The summed E-state index contributed by atoms with van der Waals surface area (Å²) in [6.45, 7) is 10.4. The molecule has 0 aliphatic heterocycles. The van der Waals surface area contributed by atoms with Crippen molar-refractivity contribution in [2.45, 2.75) is 40.7 Å². The number of likely N-dealkylation sites (N-methyl/N-ethyl adjacent to an activating group) is 1. The summed E-state index contributed by atoms with van der Waals surface area (Å²) in [6, 6.07) is 11.7. The minimum absolute atomic E-state index is 0.113. The predicted octanol–water partition coefficient (Wildman–Crippen LogP) is 4.00. The van der Waals surface area contributed by atoms with E-state index in [0.717, 1.165) is 28.1 Å². The largest absolute Gasteiger partial charge is 0.497 e. The summed E-state index contributed by atoms with van der Waals surface area (Å²) in [7, 11) is 3.40. The Kier molecular flexibility index (Phi) is 8.63. The highest BCUT2D eigenvalue weighted by molar-refractivity contribution is 5.94. The second-order valence-electron chi connectivity index (χ2n) is 8.56. The molecular weight excluding hydrogens is 390 g/mol. The molecule has 2 N–H and O–H groups in total. The average Bonchev–Trinajstić information content (AvgIpc) is 2.68. The molecule has 31 heavy (non-hydrogen) atoms. The van der Waals surface area contributed by atoms with E-state index in [1.165, 1.54) is 5.56 Å². The van der Waals surface area contributed by atoms with Gasteiger partial charge in [-0.05, 0) is 62.6 Å². The maximum absolute atomic E-state index is 12.6. The van der Waals surface area contributed by atoms with Gasteiger partial charge in [-0.2, -0.15) is 0 Å². The Morgan fingerprint density at radius 3 is 2.03 bits per heavy atom. The van der Waals surface area contributed by atoms with E-state index in [1.807, 2.05) is 57.2 Å². The number of nitrogens with zero attached hydrogens (tertiary/aromatic N) is 1. The number of aryl methyl sites for hydroxylation is 3. The van der Waals surface area contributed by atoms with Crippen molar-refractivity contribution < 1.29 is 14.3 Å². The van der Waals surface area contributed by atoms with E-state index < -0.39 is 0 Å². The number of hydrogen-bond donors (Lipinski definition) is 2. The second kappa shape index (κ2) is 11.0. The summed E-state index contributed by atoms with van der Waals surface area (Å²) >= 11 is 0. The lowest BCUT2D eigenvalue weighted by molar-refractivity contribution is -0.123. The number of rotatable bonds is 9. The van der Waals surface area contributed by atoms with Crippen molar-refractivity contribution in [1.82, 2.24) is 10.2 Å². The molecule has 2 rings (SSSR count). The molecule has 0 saturated heterocycles. The van der Waals surface area contributed by atoms with Crippen LogP contribution in [0, 0.1) is 26.7 Å². The molecule has 2 aromatic carbocycles. The quantitative estimate of drug-likeness (QED) is 0.637. The molecule has 1 atom stereocenters. The first-order valence-corrected chi connectivity index (χ1v) is 10.6. The van der Waals surface area contributed by atoms with Gasteiger partial charge in [0.25, 0.3) is 0 Å². The Balaban J connectivity index is 1.93. The first kappa shape index (κ1) is 24.4. The van der Waals surface area contributed by atoms with Gasteiger partial charge in [-0.25, -0.2) is 0 Å². The topological polar surface area (TPSA) is 70.7 Å². The minimum Gasteiger partial charge on any atom is -0.497 e. The van der Waals surface area contributed by atoms with Gasteiger partial charge in [0.2, 0.25) is 11.8 Å². The van der Waals surface area contributed by atoms with E-state index in [4.69, 9.17) is 4.74 Å². The van der Waals surface area contributed by atoms with Gasteiger partial charge in [0.1, 0.15) is 5.75 Å². The summed E-state index contributed by atoms with van der Waals surface area (Å²) in [6.07, 6.45) is 0. The number of nitrogens with one attached hydrogen (secondary N) is 2. The van der Waals surface area contributed by atoms with Crippen LogP contribution in [0.15, 0.2) is 36.4 Å². The van der Waals surface area contributed by atoms with Gasteiger partial charge < -0.3 is 15.4 Å². The van der Waals surface area contributed by atoms with Gasteiger partial charge in [0.05, 0.1) is 26.2 Å². The van der Waals surface area contributed by atoms with Crippen molar-refractivity contribution in [3.8, 4) is 5.75 Å². The zero-order valence-electron chi connectivity index (χ0n) is 19.7. The molecule has 6 nitrogen and oxygen atoms in total. The van der Waals surface area contributed by atoms with Gasteiger partial charge in [0.15, 0.2) is 0 Å². The fourth-order valence-corrected chi connectivity index (χ4v) is 3.77. The zero-order chi connectivity index (χ0) is 23.1. The normalized spacial score (nSPS) is 12.0. The van der Waals surface area contributed by atoms with Gasteiger partial charge in [-0.15, -0.1) is 0 Å². The van der Waals surface area contributed by atoms with Crippen LogP contribution in [-0.4, -0.2) is 44.0 Å². The van der Waals surface area contributed by atoms with Gasteiger partial charge in [-0.1, -0.05) is 43.7 Å². The Labute approximate surface area is 186 Å². The third-order valence-corrected chi connectivity index (χ3v) is 5.23. The van der Waals surface area contributed by atoms with E-state index in [1.54, 1.807) is 19.1 Å². The second-order valence-corrected chi connectivity index (χ2v) is 8.56. The first-order chi connectivity index (χ1) is 14.6. The van der Waals surface area contributed by atoms with Crippen LogP contribution in [0.2, 0.25) is 0 Å². The van der Waals surface area contributed by atoms with Crippen LogP contribution in [0.3, 0.4) is 0 Å². The van der Waals surface area contributed by atoms with Gasteiger partial charge >= 0.3 is 0 Å². The van der Waals surface area contributed by atoms with Gasteiger partial charge in [-0.3, -0.25) is 14.5 Å². The van der Waals surface area contributed by atoms with Crippen LogP contribution in [-0.2, 0) is 9.59 Å². The van der Waals surface area contributed by atoms with E-state index in [0.29, 0.717) is 0 Å². The Morgan fingerprint density at radius 2 is 1.52 bits per heavy atom. The van der Waals surface area contributed by atoms with Crippen molar-refractivity contribution in [1.29, 1.82) is 0 Å². The molecular formula is C25H35N3O3. The SMILES string of the molecule is COc1ccc(C(NC(=O)CN(C)CC(=O)Nc2c(C)cc(C)cc2C)C(C)C)cc1. The van der Waals surface area contributed by atoms with Crippen molar-refractivity contribution in [2.24, 2.45) is 5.92 Å². The molecule has 2 aromatic rings. The molecule has 0 fully saturated rings. The number of anilines is 1. The maximum atomic E-state index is 12.6. The number of benzene rings is 2. The molecule has 1 unspecified atom stereocenters. The summed E-state index contributed by atoms with van der Waals surface area (Å²) in [5, 5.41) is 6.08. The minimum atomic E-state index is -0.138. The number of ether oxygens (including phenoxy) is 1. The molecule has 168 valence electrons. The summed E-state index contributed by atoms with van der Waals surface area (Å²) in [5.74, 6) is 0.745. The highest BCUT2D eigenvalue weighted by Crippen LogP contribution is 2.24. The Bertz CT molecular complexity index is 884. The third-order valence-electron chi connectivity index (χ3n) is 5.23. The monoisotopic (exact) mass is 425 g/mol. The van der Waals surface area contributed by atoms with Crippen molar-refractivity contribution in [2.75, 3.05) is 32.6 Å². The van der Waals surface area contributed by atoms with Crippen LogP contribution in [0.5, 0.6) is 5.75 Å². The van der Waals surface area contributed by atoms with Crippen molar-refractivity contribution in [3.63, 3.8) is 0 Å². The summed E-state index contributed by atoms with van der Waals surface area (Å²) < 4.78 is 5.21. The van der Waals surface area contributed by atoms with E-state index >= 15 is 0 Å². The Morgan fingerprint density at radius 1 is 0.968 bits per heavy atom. The molecule has 0 aromatic heterocycles. The number of hydrogen-bond acceptors (Lipinski definition) is 4. The molecule has 0 saturated carbocycles. The van der Waals surface area contributed by atoms with Crippen LogP contribution in [0.1, 0.15) is 42.1 Å². The molecule has 0 spiro atoms. The third kappa shape index (κ3) is 7.10. The average molecular weight is 426 g/mol. The number of carbonyl (C=O) groups is 2. The summed E-state index contributed by atoms with van der Waals surface area (Å²) in [4.78, 5) is 26.9. The highest BCUT2D eigenvalue weighted by Gasteiger charge is 2.20. The summed E-state index contributed by atoms with van der Waals surface area (Å²) in [5.41, 5.74) is 5.09. The molecule has 0 heterocycles. The lowest BCUT2D eigenvalue weighted by Gasteiger charge is -2.25. The van der Waals surface area contributed by atoms with Gasteiger partial charge in [0, 0.05) is 5.69 Å². The fraction of sp³-hybridized carbons (Fsp3) is 0.440. The maximum Gasteiger partial charge on any atom is 0.238 e. The van der Waals surface area contributed by atoms with Crippen LogP contribution in [0.25, 0.3) is 0 Å². The van der Waals surface area contributed by atoms with Crippen molar-refractivity contribution in [3.05, 3.63) is 58.7 Å². The van der Waals surface area contributed by atoms with Crippen LogP contribution >= 0.6 is 0 Å². The lowest BCUT2D eigenvalue weighted by Crippen LogP contribution is -2.41. The highest BCUT2D eigenvalue weighted by atomic mass is 16.5. The number of amides is 2. The molecule has 0 aliphatic carbocycles. The number of methoxy groups -OCH3 is 1. The number of carbonyl (C=O) groups excluding carboxylic acids is 2. The lowest BCUT2D eigenvalue weighted by atomic mass is 9.96. The van der Waals surface area contributed by atoms with Crippen molar-refractivity contribution >= 4 is 17.5 Å². The van der Waals surface area contributed by atoms with Crippen LogP contribution in [0.4, 0.5) is 5.69 Å². The van der Waals surface area contributed by atoms with E-state index in [-0.39, 0.29) is 36.9 Å². The standard InChI is InChI=1S/C25H35N3O3/c1-16(2)24(20-8-10-21(31-7)11-9-20)26-22(29)14-28(6)15-23(30)27-25-18(4)12-17(3)13-19(25)5/h8-13,16,24H,14-15H2,1-7H3,(H,26,29)(H,27,30). The molecule has 0 radical (unpaired) electrons. The Hall–Kier alpha value is -2.86. The van der Waals surface area contributed by atoms with Crippen LogP contribution < -0.4 is 15.4 Å². The zero-order valence-corrected chi connectivity index (χ0v) is 19.7.